The number of halogens is 2. The molecule has 0 amide bonds. The van der Waals surface area contributed by atoms with Crippen molar-refractivity contribution in [3.8, 4) is 0 Å². The summed E-state index contributed by atoms with van der Waals surface area (Å²) in [5.41, 5.74) is 11.4. The first kappa shape index (κ1) is 25.1. The molecule has 8 heteroatoms. The summed E-state index contributed by atoms with van der Waals surface area (Å²) in [6.07, 6.45) is 5.65. The van der Waals surface area contributed by atoms with Crippen molar-refractivity contribution >= 4 is 67.8 Å². The molecule has 0 aliphatic carbocycles. The van der Waals surface area contributed by atoms with Crippen LogP contribution >= 0.6 is 57.5 Å². The molecule has 0 rings (SSSR count). The molecule has 0 saturated carbocycles. The molecule has 0 aliphatic rings. The van der Waals surface area contributed by atoms with Crippen molar-refractivity contribution in [3.05, 3.63) is 25.3 Å². The van der Waals surface area contributed by atoms with Crippen molar-refractivity contribution in [3.63, 3.8) is 0 Å². The van der Waals surface area contributed by atoms with Gasteiger partial charge in [-0.25, -0.2) is 0 Å². The molecule has 0 radical (unpaired) electrons. The van der Waals surface area contributed by atoms with Crippen LogP contribution in [0.1, 0.15) is 12.8 Å². The van der Waals surface area contributed by atoms with Crippen molar-refractivity contribution in [2.75, 3.05) is 24.6 Å². The van der Waals surface area contributed by atoms with Crippen molar-refractivity contribution in [2.24, 2.45) is 21.5 Å². The van der Waals surface area contributed by atoms with E-state index in [9.17, 15) is 0 Å². The van der Waals surface area contributed by atoms with E-state index in [-0.39, 0.29) is 34.0 Å². The predicted molar refractivity (Wildman–Crippen MR) is 108 cm³/mol. The van der Waals surface area contributed by atoms with Crippen LogP contribution in [0.15, 0.2) is 35.3 Å². The second-order valence-electron chi connectivity index (χ2n) is 3.34. The predicted octanol–water partition coefficient (Wildman–Crippen LogP) is 3.39. The Hall–Kier alpha value is 0.0800. The Morgan fingerprint density at radius 2 is 1.20 bits per heavy atom. The summed E-state index contributed by atoms with van der Waals surface area (Å²) < 4.78 is 0. The Morgan fingerprint density at radius 3 is 1.50 bits per heavy atom. The molecule has 0 saturated heterocycles. The Bertz CT molecular complexity index is 280. The van der Waals surface area contributed by atoms with E-state index >= 15 is 0 Å². The zero-order valence-corrected chi connectivity index (χ0v) is 16.6. The summed E-state index contributed by atoms with van der Waals surface area (Å²) in [5.74, 6) is 1.97. The highest BCUT2D eigenvalue weighted by atomic mass is 79.9. The van der Waals surface area contributed by atoms with Gasteiger partial charge in [-0.2, -0.15) is 0 Å². The van der Waals surface area contributed by atoms with E-state index in [1.165, 1.54) is 0 Å². The molecular weight excluding hydrogens is 424 g/mol. The van der Waals surface area contributed by atoms with Gasteiger partial charge in [-0.15, -0.1) is 47.1 Å². The maximum Gasteiger partial charge on any atom is 0.154 e. The summed E-state index contributed by atoms with van der Waals surface area (Å²) in [4.78, 5) is 8.22. The molecule has 0 fully saturated rings. The fraction of sp³-hybridized carbons (Fsp3) is 0.500. The number of amidine groups is 2. The molecule has 0 aliphatic heterocycles. The molecule has 0 aromatic carbocycles. The van der Waals surface area contributed by atoms with Gasteiger partial charge in [0.15, 0.2) is 10.3 Å². The van der Waals surface area contributed by atoms with Crippen molar-refractivity contribution in [1.82, 2.24) is 0 Å². The topological polar surface area (TPSA) is 76.8 Å². The van der Waals surface area contributed by atoms with Gasteiger partial charge < -0.3 is 11.5 Å². The van der Waals surface area contributed by atoms with Crippen LogP contribution in [-0.2, 0) is 0 Å². The van der Waals surface area contributed by atoms with E-state index < -0.39 is 0 Å². The van der Waals surface area contributed by atoms with Gasteiger partial charge in [0.05, 0.1) is 13.1 Å². The summed E-state index contributed by atoms with van der Waals surface area (Å²) in [6, 6.07) is 0. The summed E-state index contributed by atoms with van der Waals surface area (Å²) in [5, 5.41) is 1.27. The normalized spacial score (nSPS) is 11.2. The molecule has 4 N–H and O–H groups in total. The van der Waals surface area contributed by atoms with E-state index in [4.69, 9.17) is 11.5 Å². The number of hydrogen-bond acceptors (Lipinski definition) is 4. The Balaban J connectivity index is -0.00000144. The lowest BCUT2D eigenvalue weighted by Crippen LogP contribution is -2.09. The lowest BCUT2D eigenvalue weighted by atomic mass is 10.4. The first-order valence-corrected chi connectivity index (χ1v) is 7.75. The van der Waals surface area contributed by atoms with E-state index in [2.05, 4.69) is 23.1 Å². The monoisotopic (exact) mass is 446 g/mol. The summed E-state index contributed by atoms with van der Waals surface area (Å²) in [6.45, 7) is 8.35. The summed E-state index contributed by atoms with van der Waals surface area (Å²) >= 11 is 3.17. The molecule has 0 bridgehead atoms. The minimum absolute atomic E-state index is 0. The number of nitrogens with zero attached hydrogens (tertiary/aromatic N) is 2. The third kappa shape index (κ3) is 18.1. The molecule has 118 valence electrons. The van der Waals surface area contributed by atoms with E-state index in [0.717, 1.165) is 24.3 Å². The standard InChI is InChI=1S/C12H22N4S2.2BrH/c1-3-7-15-11(13)17-9-5-6-10-18-12(14)16-8-4-2;;/h3-4H,1-2,5-10H2,(H2,13,15)(H2,14,16);2*1H. The van der Waals surface area contributed by atoms with Crippen LogP contribution in [0.3, 0.4) is 0 Å². The van der Waals surface area contributed by atoms with Crippen molar-refractivity contribution in [1.29, 1.82) is 0 Å². The quantitative estimate of drug-likeness (QED) is 0.246. The fourth-order valence-electron chi connectivity index (χ4n) is 0.958. The lowest BCUT2D eigenvalue weighted by Gasteiger charge is -2.01. The largest absolute Gasteiger partial charge is 0.379 e. The van der Waals surface area contributed by atoms with Gasteiger partial charge in [0, 0.05) is 11.5 Å². The molecule has 20 heavy (non-hydrogen) atoms. The van der Waals surface area contributed by atoms with Crippen molar-refractivity contribution in [2.45, 2.75) is 12.8 Å². The smallest absolute Gasteiger partial charge is 0.154 e. The SMILES string of the molecule is Br.Br.C=CCN=C(N)SCCCCSC(N)=NCC=C. The molecule has 0 spiro atoms. The zero-order valence-electron chi connectivity index (χ0n) is 11.5. The zero-order chi connectivity index (χ0) is 13.6. The van der Waals surface area contributed by atoms with Crippen LogP contribution < -0.4 is 11.5 Å². The highest BCUT2D eigenvalue weighted by molar-refractivity contribution is 8.93. The summed E-state index contributed by atoms with van der Waals surface area (Å²) in [7, 11) is 0. The number of aliphatic imine (C=N–C) groups is 2. The van der Waals surface area contributed by atoms with Gasteiger partial charge in [0.1, 0.15) is 0 Å². The van der Waals surface area contributed by atoms with Crippen molar-refractivity contribution < 1.29 is 0 Å². The van der Waals surface area contributed by atoms with E-state index in [1.807, 2.05) is 0 Å². The van der Waals surface area contributed by atoms with Gasteiger partial charge in [-0.05, 0) is 12.8 Å². The maximum absolute atomic E-state index is 5.69. The molecule has 0 aromatic rings. The molecule has 0 aromatic heterocycles. The average molecular weight is 448 g/mol. The number of nitrogens with two attached hydrogens (primary N) is 2. The number of unbranched alkanes of at least 4 members (excludes halogenated alkanes) is 1. The van der Waals surface area contributed by atoms with Gasteiger partial charge >= 0.3 is 0 Å². The van der Waals surface area contributed by atoms with Crippen LogP contribution in [0.5, 0.6) is 0 Å². The van der Waals surface area contributed by atoms with Crippen LogP contribution in [-0.4, -0.2) is 34.9 Å². The van der Waals surface area contributed by atoms with E-state index in [1.54, 1.807) is 35.7 Å². The molecule has 0 heterocycles. The van der Waals surface area contributed by atoms with Crippen LogP contribution in [0.25, 0.3) is 0 Å². The molecule has 0 atom stereocenters. The Morgan fingerprint density at radius 1 is 0.850 bits per heavy atom. The Kier molecular flexibility index (Phi) is 23.9. The number of thioether (sulfide) groups is 2. The highest BCUT2D eigenvalue weighted by Crippen LogP contribution is 2.09. The first-order valence-electron chi connectivity index (χ1n) is 5.78. The first-order chi connectivity index (χ1) is 8.70. The van der Waals surface area contributed by atoms with E-state index in [0.29, 0.717) is 23.4 Å². The molecular formula is C12H24Br2N4S2. The number of hydrogen-bond donors (Lipinski definition) is 2. The number of rotatable bonds is 9. The van der Waals surface area contributed by atoms with Gasteiger partial charge in [-0.1, -0.05) is 35.7 Å². The minimum Gasteiger partial charge on any atom is -0.379 e. The van der Waals surface area contributed by atoms with Crippen LogP contribution in [0, 0.1) is 0 Å². The second kappa shape index (κ2) is 19.1. The third-order valence-electron chi connectivity index (χ3n) is 1.79. The molecule has 0 unspecified atom stereocenters. The lowest BCUT2D eigenvalue weighted by molar-refractivity contribution is 0.910. The highest BCUT2D eigenvalue weighted by Gasteiger charge is 1.96. The average Bonchev–Trinajstić information content (AvgIpc) is 2.37. The van der Waals surface area contributed by atoms with Gasteiger partial charge in [0.2, 0.25) is 0 Å². The van der Waals surface area contributed by atoms with Gasteiger partial charge in [-0.3, -0.25) is 9.98 Å². The third-order valence-corrected chi connectivity index (χ3v) is 3.63. The van der Waals surface area contributed by atoms with Crippen LogP contribution in [0.2, 0.25) is 0 Å². The van der Waals surface area contributed by atoms with Crippen LogP contribution in [0.4, 0.5) is 0 Å². The molecule has 4 nitrogen and oxygen atoms in total. The minimum atomic E-state index is 0. The fourth-order valence-corrected chi connectivity index (χ4v) is 2.40. The maximum atomic E-state index is 5.69. The van der Waals surface area contributed by atoms with Gasteiger partial charge in [0.25, 0.3) is 0 Å². The Labute approximate surface area is 151 Å². The second-order valence-corrected chi connectivity index (χ2v) is 5.57.